The number of benzene rings is 1. The van der Waals surface area contributed by atoms with Crippen LogP contribution in [-0.4, -0.2) is 30.6 Å². The quantitative estimate of drug-likeness (QED) is 0.861. The molecule has 2 nitrogen and oxygen atoms in total. The van der Waals surface area contributed by atoms with Crippen LogP contribution in [0.2, 0.25) is 0 Å². The highest BCUT2D eigenvalue weighted by Gasteiger charge is 2.18. The van der Waals surface area contributed by atoms with E-state index in [1.54, 1.807) is 0 Å². The van der Waals surface area contributed by atoms with Crippen molar-refractivity contribution in [1.82, 2.24) is 4.90 Å². The number of aryl methyl sites for hydroxylation is 2. The Labute approximate surface area is 105 Å². The maximum absolute atomic E-state index is 3.67. The fourth-order valence-corrected chi connectivity index (χ4v) is 2.53. The molecule has 1 N–H and O–H groups in total. The Morgan fingerprint density at radius 2 is 2.12 bits per heavy atom. The maximum atomic E-state index is 3.67. The van der Waals surface area contributed by atoms with Crippen molar-refractivity contribution in [3.05, 3.63) is 29.3 Å². The zero-order valence-corrected chi connectivity index (χ0v) is 11.3. The standard InChI is InChI=1S/C15H24N2/c1-4-17-9-5-6-15(11-17)16-14-8-7-12(2)13(3)10-14/h7-8,10,15-16H,4-6,9,11H2,1-3H3. The molecule has 2 heteroatoms. The van der Waals surface area contributed by atoms with Gasteiger partial charge in [-0.2, -0.15) is 0 Å². The van der Waals surface area contributed by atoms with Crippen molar-refractivity contribution in [2.45, 2.75) is 39.7 Å². The molecule has 1 aromatic carbocycles. The van der Waals surface area contributed by atoms with E-state index in [2.05, 4.69) is 49.2 Å². The monoisotopic (exact) mass is 232 g/mol. The van der Waals surface area contributed by atoms with E-state index in [1.807, 2.05) is 0 Å². The number of nitrogens with one attached hydrogen (secondary N) is 1. The summed E-state index contributed by atoms with van der Waals surface area (Å²) in [6, 6.07) is 7.29. The second-order valence-electron chi connectivity index (χ2n) is 5.18. The Kier molecular flexibility index (Phi) is 4.06. The average Bonchev–Trinajstić information content (AvgIpc) is 2.34. The Morgan fingerprint density at radius 3 is 2.82 bits per heavy atom. The Balaban J connectivity index is 1.97. The lowest BCUT2D eigenvalue weighted by molar-refractivity contribution is 0.227. The number of likely N-dealkylation sites (N-methyl/N-ethyl adjacent to an activating group) is 1. The molecule has 94 valence electrons. The summed E-state index contributed by atoms with van der Waals surface area (Å²) in [7, 11) is 0. The second kappa shape index (κ2) is 5.54. The third kappa shape index (κ3) is 3.22. The van der Waals surface area contributed by atoms with Crippen LogP contribution in [0.25, 0.3) is 0 Å². The second-order valence-corrected chi connectivity index (χ2v) is 5.18. The van der Waals surface area contributed by atoms with Crippen molar-refractivity contribution in [3.63, 3.8) is 0 Å². The molecule has 1 aromatic rings. The molecule has 0 spiro atoms. The van der Waals surface area contributed by atoms with Crippen molar-refractivity contribution in [1.29, 1.82) is 0 Å². The third-order valence-corrected chi connectivity index (χ3v) is 3.83. The lowest BCUT2D eigenvalue weighted by Crippen LogP contribution is -2.41. The largest absolute Gasteiger partial charge is 0.381 e. The highest BCUT2D eigenvalue weighted by atomic mass is 15.2. The van der Waals surface area contributed by atoms with Crippen molar-refractivity contribution in [3.8, 4) is 0 Å². The van der Waals surface area contributed by atoms with Crippen LogP contribution in [-0.2, 0) is 0 Å². The van der Waals surface area contributed by atoms with Crippen LogP contribution < -0.4 is 5.32 Å². The zero-order chi connectivity index (χ0) is 12.3. The summed E-state index contributed by atoms with van der Waals surface area (Å²) in [6.07, 6.45) is 2.61. The van der Waals surface area contributed by atoms with Gasteiger partial charge in [0, 0.05) is 18.3 Å². The van der Waals surface area contributed by atoms with Gasteiger partial charge in [0.1, 0.15) is 0 Å². The van der Waals surface area contributed by atoms with Crippen molar-refractivity contribution >= 4 is 5.69 Å². The summed E-state index contributed by atoms with van der Waals surface area (Å²) in [4.78, 5) is 2.53. The van der Waals surface area contributed by atoms with Crippen LogP contribution in [0, 0.1) is 13.8 Å². The van der Waals surface area contributed by atoms with E-state index < -0.39 is 0 Å². The normalized spacial score (nSPS) is 21.5. The first-order chi connectivity index (χ1) is 8.19. The molecule has 0 aliphatic carbocycles. The molecule has 1 heterocycles. The van der Waals surface area contributed by atoms with E-state index >= 15 is 0 Å². The zero-order valence-electron chi connectivity index (χ0n) is 11.3. The smallest absolute Gasteiger partial charge is 0.0388 e. The highest BCUT2D eigenvalue weighted by molar-refractivity contribution is 5.48. The Morgan fingerprint density at radius 1 is 1.29 bits per heavy atom. The van der Waals surface area contributed by atoms with E-state index in [4.69, 9.17) is 0 Å². The molecule has 1 fully saturated rings. The molecule has 1 atom stereocenters. The van der Waals surface area contributed by atoms with E-state index in [9.17, 15) is 0 Å². The fourth-order valence-electron chi connectivity index (χ4n) is 2.53. The first-order valence-electron chi connectivity index (χ1n) is 6.75. The van der Waals surface area contributed by atoms with Gasteiger partial charge < -0.3 is 10.2 Å². The molecule has 17 heavy (non-hydrogen) atoms. The molecule has 2 rings (SSSR count). The van der Waals surface area contributed by atoms with E-state index in [-0.39, 0.29) is 0 Å². The van der Waals surface area contributed by atoms with Gasteiger partial charge in [-0.05, 0) is 63.0 Å². The third-order valence-electron chi connectivity index (χ3n) is 3.83. The molecule has 0 saturated carbocycles. The number of hydrogen-bond acceptors (Lipinski definition) is 2. The van der Waals surface area contributed by atoms with Gasteiger partial charge >= 0.3 is 0 Å². The summed E-state index contributed by atoms with van der Waals surface area (Å²) in [5.74, 6) is 0. The van der Waals surface area contributed by atoms with Gasteiger partial charge in [-0.3, -0.25) is 0 Å². The van der Waals surface area contributed by atoms with E-state index in [1.165, 1.54) is 49.3 Å². The first kappa shape index (κ1) is 12.4. The van der Waals surface area contributed by atoms with E-state index in [0.29, 0.717) is 6.04 Å². The van der Waals surface area contributed by atoms with Gasteiger partial charge in [0.15, 0.2) is 0 Å². The van der Waals surface area contributed by atoms with Gasteiger partial charge in [-0.1, -0.05) is 13.0 Å². The van der Waals surface area contributed by atoms with Gasteiger partial charge in [-0.15, -0.1) is 0 Å². The Bertz CT molecular complexity index is 373. The van der Waals surface area contributed by atoms with Gasteiger partial charge in [0.05, 0.1) is 0 Å². The fraction of sp³-hybridized carbons (Fsp3) is 0.600. The number of hydrogen-bond donors (Lipinski definition) is 1. The first-order valence-corrected chi connectivity index (χ1v) is 6.75. The molecule has 1 aliphatic heterocycles. The van der Waals surface area contributed by atoms with Crippen LogP contribution in [0.1, 0.15) is 30.9 Å². The maximum Gasteiger partial charge on any atom is 0.0388 e. The summed E-state index contributed by atoms with van der Waals surface area (Å²) >= 11 is 0. The van der Waals surface area contributed by atoms with Crippen molar-refractivity contribution in [2.75, 3.05) is 25.0 Å². The van der Waals surface area contributed by atoms with Crippen LogP contribution >= 0.6 is 0 Å². The van der Waals surface area contributed by atoms with Crippen molar-refractivity contribution < 1.29 is 0 Å². The number of anilines is 1. The van der Waals surface area contributed by atoms with Crippen LogP contribution in [0.5, 0.6) is 0 Å². The van der Waals surface area contributed by atoms with Gasteiger partial charge in [-0.25, -0.2) is 0 Å². The molecular weight excluding hydrogens is 208 g/mol. The van der Waals surface area contributed by atoms with E-state index in [0.717, 1.165) is 0 Å². The summed E-state index contributed by atoms with van der Waals surface area (Å²) in [6.45, 7) is 10.2. The lowest BCUT2D eigenvalue weighted by Gasteiger charge is -2.33. The molecule has 0 radical (unpaired) electrons. The minimum atomic E-state index is 0.616. The molecule has 1 unspecified atom stereocenters. The SMILES string of the molecule is CCN1CCCC(Nc2ccc(C)c(C)c2)C1. The van der Waals surface area contributed by atoms with Gasteiger partial charge in [0.25, 0.3) is 0 Å². The van der Waals surface area contributed by atoms with Crippen LogP contribution in [0.3, 0.4) is 0 Å². The minimum absolute atomic E-state index is 0.616. The predicted octanol–water partition coefficient (Wildman–Crippen LogP) is 3.20. The topological polar surface area (TPSA) is 15.3 Å². The average molecular weight is 232 g/mol. The minimum Gasteiger partial charge on any atom is -0.381 e. The predicted molar refractivity (Wildman–Crippen MR) is 74.7 cm³/mol. The highest BCUT2D eigenvalue weighted by Crippen LogP contribution is 2.18. The number of likely N-dealkylation sites (tertiary alicyclic amines) is 1. The molecule has 0 amide bonds. The molecular formula is C15H24N2. The lowest BCUT2D eigenvalue weighted by atomic mass is 10.0. The summed E-state index contributed by atoms with van der Waals surface area (Å²) in [5.41, 5.74) is 4.02. The summed E-state index contributed by atoms with van der Waals surface area (Å²) in [5, 5.41) is 3.67. The number of nitrogens with zero attached hydrogens (tertiary/aromatic N) is 1. The van der Waals surface area contributed by atoms with Crippen LogP contribution in [0.15, 0.2) is 18.2 Å². The number of piperidine rings is 1. The summed E-state index contributed by atoms with van der Waals surface area (Å²) < 4.78 is 0. The molecule has 1 saturated heterocycles. The number of rotatable bonds is 3. The Hall–Kier alpha value is -1.02. The molecule has 0 aromatic heterocycles. The van der Waals surface area contributed by atoms with Crippen molar-refractivity contribution in [2.24, 2.45) is 0 Å². The molecule has 1 aliphatic rings. The van der Waals surface area contributed by atoms with Gasteiger partial charge in [0.2, 0.25) is 0 Å². The van der Waals surface area contributed by atoms with Crippen LogP contribution in [0.4, 0.5) is 5.69 Å². The molecule has 0 bridgehead atoms.